The molecule has 5 rings (SSSR count). The van der Waals surface area contributed by atoms with Crippen molar-refractivity contribution in [2.75, 3.05) is 7.11 Å². The summed E-state index contributed by atoms with van der Waals surface area (Å²) in [6.07, 6.45) is 7.71. The first kappa shape index (κ1) is 15.3. The Bertz CT molecular complexity index is 821. The third-order valence-electron chi connectivity index (χ3n) is 5.91. The number of rotatable bonds is 4. The van der Waals surface area contributed by atoms with E-state index in [2.05, 4.69) is 9.88 Å². The molecule has 130 valence electrons. The molecule has 0 spiro atoms. The van der Waals surface area contributed by atoms with Crippen LogP contribution in [0.3, 0.4) is 0 Å². The smallest absolute Gasteiger partial charge is 0.169 e. The molecule has 25 heavy (non-hydrogen) atoms. The molecule has 0 radical (unpaired) electrons. The summed E-state index contributed by atoms with van der Waals surface area (Å²) < 4.78 is 19.7. The van der Waals surface area contributed by atoms with E-state index in [1.165, 1.54) is 31.2 Å². The summed E-state index contributed by atoms with van der Waals surface area (Å²) in [4.78, 5) is 11.9. The predicted octanol–water partition coefficient (Wildman–Crippen LogP) is 3.76. The van der Waals surface area contributed by atoms with Crippen LogP contribution in [0.5, 0.6) is 5.75 Å². The van der Waals surface area contributed by atoms with Gasteiger partial charge in [-0.1, -0.05) is 12.1 Å². The summed E-state index contributed by atoms with van der Waals surface area (Å²) in [5, 5.41) is 0. The van der Waals surface area contributed by atoms with Crippen molar-refractivity contribution in [3.05, 3.63) is 52.9 Å². The molecule has 1 aliphatic carbocycles. The zero-order chi connectivity index (χ0) is 17.0. The van der Waals surface area contributed by atoms with Crippen LogP contribution in [0.1, 0.15) is 60.3 Å². The van der Waals surface area contributed by atoms with Crippen LogP contribution in [0.4, 0.5) is 4.39 Å². The molecule has 2 aromatic rings. The normalized spacial score (nSPS) is 25.0. The van der Waals surface area contributed by atoms with Gasteiger partial charge in [-0.15, -0.1) is 0 Å². The molecule has 2 fully saturated rings. The summed E-state index contributed by atoms with van der Waals surface area (Å²) in [6, 6.07) is 6.16. The molecular weight excluding hydrogens is 317 g/mol. The number of hydrogen-bond acceptors (Lipinski definition) is 4. The van der Waals surface area contributed by atoms with Crippen LogP contribution in [-0.2, 0) is 13.0 Å². The van der Waals surface area contributed by atoms with E-state index in [1.807, 2.05) is 18.3 Å². The number of nitrogens with zero attached hydrogens (tertiary/aromatic N) is 3. The summed E-state index contributed by atoms with van der Waals surface area (Å²) in [5.74, 6) is 1.70. The first-order chi connectivity index (χ1) is 12.2. The van der Waals surface area contributed by atoms with Crippen LogP contribution in [-0.4, -0.2) is 28.0 Å². The van der Waals surface area contributed by atoms with Crippen molar-refractivity contribution in [2.24, 2.45) is 0 Å². The molecule has 1 saturated heterocycles. The average Bonchev–Trinajstić information content (AvgIpc) is 3.43. The number of halogens is 1. The minimum Gasteiger partial charge on any atom is -0.494 e. The van der Waals surface area contributed by atoms with Gasteiger partial charge in [0.2, 0.25) is 0 Å². The van der Waals surface area contributed by atoms with Crippen molar-refractivity contribution in [2.45, 2.75) is 56.7 Å². The van der Waals surface area contributed by atoms with Crippen LogP contribution >= 0.6 is 0 Å². The Balaban J connectivity index is 1.44. The molecule has 4 nitrogen and oxygen atoms in total. The van der Waals surface area contributed by atoms with E-state index in [1.54, 1.807) is 6.07 Å². The van der Waals surface area contributed by atoms with Crippen LogP contribution in [0.15, 0.2) is 24.4 Å². The summed E-state index contributed by atoms with van der Waals surface area (Å²) in [5.41, 5.74) is 3.18. The van der Waals surface area contributed by atoms with Gasteiger partial charge in [-0.05, 0) is 31.7 Å². The lowest BCUT2D eigenvalue weighted by molar-refractivity contribution is 0.163. The third kappa shape index (κ3) is 2.53. The lowest BCUT2D eigenvalue weighted by Crippen LogP contribution is -2.38. The van der Waals surface area contributed by atoms with E-state index in [9.17, 15) is 4.39 Å². The zero-order valence-electron chi connectivity index (χ0n) is 14.4. The second-order valence-electron chi connectivity index (χ2n) is 7.46. The summed E-state index contributed by atoms with van der Waals surface area (Å²) in [6.45, 7) is 0.613. The lowest BCUT2D eigenvalue weighted by Gasteiger charge is -2.35. The minimum absolute atomic E-state index is 0.240. The van der Waals surface area contributed by atoms with E-state index in [-0.39, 0.29) is 5.82 Å². The van der Waals surface area contributed by atoms with Gasteiger partial charge in [-0.2, -0.15) is 0 Å². The lowest BCUT2D eigenvalue weighted by atomic mass is 9.98. The van der Waals surface area contributed by atoms with Gasteiger partial charge < -0.3 is 4.74 Å². The Hall–Kier alpha value is -2.01. The Morgan fingerprint density at radius 3 is 2.92 bits per heavy atom. The zero-order valence-corrected chi connectivity index (χ0v) is 14.4. The Morgan fingerprint density at radius 1 is 1.24 bits per heavy atom. The Labute approximate surface area is 147 Å². The molecule has 3 heterocycles. The van der Waals surface area contributed by atoms with Crippen LogP contribution in [0.2, 0.25) is 0 Å². The van der Waals surface area contributed by atoms with Crippen molar-refractivity contribution < 1.29 is 9.13 Å². The number of fused-ring (bicyclic) bond motifs is 4. The highest BCUT2D eigenvalue weighted by atomic mass is 19.1. The molecule has 0 N–H and O–H groups in total. The monoisotopic (exact) mass is 339 g/mol. The molecule has 2 atom stereocenters. The van der Waals surface area contributed by atoms with Crippen molar-refractivity contribution in [1.29, 1.82) is 0 Å². The van der Waals surface area contributed by atoms with E-state index < -0.39 is 0 Å². The van der Waals surface area contributed by atoms with Crippen molar-refractivity contribution in [3.8, 4) is 5.75 Å². The molecule has 0 amide bonds. The molecule has 2 unspecified atom stereocenters. The number of ether oxygens (including phenoxy) is 1. The number of methoxy groups -OCH3 is 1. The van der Waals surface area contributed by atoms with E-state index in [4.69, 9.17) is 9.72 Å². The SMILES string of the molecule is COc1cccc(CN2C3CCC2c2cnc(C4CC4)nc2C3)c1F. The van der Waals surface area contributed by atoms with Crippen molar-refractivity contribution in [3.63, 3.8) is 0 Å². The fraction of sp³-hybridized carbons (Fsp3) is 0.500. The van der Waals surface area contributed by atoms with Gasteiger partial charge >= 0.3 is 0 Å². The highest BCUT2D eigenvalue weighted by Crippen LogP contribution is 2.45. The molecular formula is C20H22FN3O. The Morgan fingerprint density at radius 2 is 2.12 bits per heavy atom. The molecule has 1 aromatic heterocycles. The molecule has 3 aliphatic rings. The first-order valence-electron chi connectivity index (χ1n) is 9.17. The predicted molar refractivity (Wildman–Crippen MR) is 92.0 cm³/mol. The van der Waals surface area contributed by atoms with Crippen LogP contribution in [0, 0.1) is 5.82 Å². The third-order valence-corrected chi connectivity index (χ3v) is 5.91. The van der Waals surface area contributed by atoms with Crippen molar-refractivity contribution in [1.82, 2.24) is 14.9 Å². The minimum atomic E-state index is -0.240. The Kier molecular flexibility index (Phi) is 3.52. The molecule has 1 saturated carbocycles. The standard InChI is InChI=1S/C20H22FN3O/c1-25-18-4-2-3-13(19(18)21)11-24-14-7-8-17(24)15-10-22-20(12-5-6-12)23-16(15)9-14/h2-4,10,12,14,17H,5-9,11H2,1H3. The fourth-order valence-electron chi connectivity index (χ4n) is 4.41. The van der Waals surface area contributed by atoms with E-state index in [0.29, 0.717) is 35.9 Å². The van der Waals surface area contributed by atoms with Gasteiger partial charge in [0.15, 0.2) is 11.6 Å². The topological polar surface area (TPSA) is 38.2 Å². The van der Waals surface area contributed by atoms with Crippen LogP contribution < -0.4 is 4.74 Å². The number of hydrogen-bond donors (Lipinski definition) is 0. The maximum Gasteiger partial charge on any atom is 0.169 e. The molecule has 5 heteroatoms. The molecule has 2 aliphatic heterocycles. The maximum atomic E-state index is 14.6. The first-order valence-corrected chi connectivity index (χ1v) is 9.17. The van der Waals surface area contributed by atoms with E-state index in [0.717, 1.165) is 25.1 Å². The maximum absolute atomic E-state index is 14.6. The summed E-state index contributed by atoms with van der Waals surface area (Å²) >= 11 is 0. The fourth-order valence-corrected chi connectivity index (χ4v) is 4.41. The van der Waals surface area contributed by atoms with Gasteiger partial charge in [0, 0.05) is 48.3 Å². The van der Waals surface area contributed by atoms with Crippen molar-refractivity contribution >= 4 is 0 Å². The van der Waals surface area contributed by atoms with Gasteiger partial charge in [-0.25, -0.2) is 14.4 Å². The number of benzene rings is 1. The highest BCUT2D eigenvalue weighted by Gasteiger charge is 2.41. The van der Waals surface area contributed by atoms with Gasteiger partial charge in [0.25, 0.3) is 0 Å². The molecule has 2 bridgehead atoms. The van der Waals surface area contributed by atoms with E-state index >= 15 is 0 Å². The molecule has 1 aromatic carbocycles. The largest absolute Gasteiger partial charge is 0.494 e. The second-order valence-corrected chi connectivity index (χ2v) is 7.46. The number of aromatic nitrogens is 2. The van der Waals surface area contributed by atoms with Gasteiger partial charge in [-0.3, -0.25) is 4.90 Å². The summed E-state index contributed by atoms with van der Waals surface area (Å²) in [7, 11) is 1.51. The van der Waals surface area contributed by atoms with Gasteiger partial charge in [0.1, 0.15) is 5.82 Å². The van der Waals surface area contributed by atoms with Gasteiger partial charge in [0.05, 0.1) is 12.8 Å². The average molecular weight is 339 g/mol. The quantitative estimate of drug-likeness (QED) is 0.850. The second kappa shape index (κ2) is 5.77. The van der Waals surface area contributed by atoms with Crippen LogP contribution in [0.25, 0.3) is 0 Å². The highest BCUT2D eigenvalue weighted by molar-refractivity contribution is 5.33.